The van der Waals surface area contributed by atoms with Gasteiger partial charge in [-0.25, -0.2) is 0 Å². The molecule has 75 valence electrons. The molecule has 0 aromatic heterocycles. The summed E-state index contributed by atoms with van der Waals surface area (Å²) in [6, 6.07) is 0. The van der Waals surface area contributed by atoms with Gasteiger partial charge in [0.05, 0.1) is 0 Å². The highest BCUT2D eigenvalue weighted by Crippen LogP contribution is 2.01. The van der Waals surface area contributed by atoms with E-state index in [-0.39, 0.29) is 0 Å². The van der Waals surface area contributed by atoms with E-state index in [4.69, 9.17) is 0 Å². The molecule has 0 bridgehead atoms. The summed E-state index contributed by atoms with van der Waals surface area (Å²) >= 11 is 0. The zero-order chi connectivity index (χ0) is 9.90. The van der Waals surface area contributed by atoms with Crippen LogP contribution >= 0.6 is 0 Å². The van der Waals surface area contributed by atoms with Crippen LogP contribution in [0.2, 0.25) is 0 Å². The Kier molecular flexibility index (Phi) is 6.74. The highest BCUT2D eigenvalue weighted by Gasteiger charge is 1.82. The first-order chi connectivity index (χ1) is 7.00. The molecular weight excluding hydrogens is 168 g/mol. The van der Waals surface area contributed by atoms with Gasteiger partial charge in [-0.1, -0.05) is 48.6 Å². The molecule has 0 amide bonds. The van der Waals surface area contributed by atoms with Gasteiger partial charge in [0, 0.05) is 0 Å². The monoisotopic (exact) mass is 187 g/mol. The van der Waals surface area contributed by atoms with Crippen molar-refractivity contribution in [2.75, 3.05) is 0 Å². The summed E-state index contributed by atoms with van der Waals surface area (Å²) in [5, 5.41) is 0. The van der Waals surface area contributed by atoms with Gasteiger partial charge in [-0.15, -0.1) is 0 Å². The Hall–Kier alpha value is -1.04. The maximum atomic E-state index is 2.25. The summed E-state index contributed by atoms with van der Waals surface area (Å²) in [7, 11) is 0. The second-order valence-electron chi connectivity index (χ2n) is 3.41. The highest BCUT2D eigenvalue weighted by molar-refractivity contribution is 5.09. The van der Waals surface area contributed by atoms with Gasteiger partial charge in [0.25, 0.3) is 0 Å². The molecule has 0 spiro atoms. The summed E-state index contributed by atoms with van der Waals surface area (Å²) in [5.74, 6) is 0. The molecule has 0 unspecified atom stereocenters. The Morgan fingerprint density at radius 1 is 0.500 bits per heavy atom. The molecule has 0 saturated carbocycles. The molecule has 14 heavy (non-hydrogen) atoms. The predicted molar refractivity (Wildman–Crippen MR) is 63.9 cm³/mol. The molecule has 0 fully saturated rings. The predicted octanol–water partition coefficient (Wildman–Crippen LogP) is 4.38. The molecule has 0 aliphatic heterocycles. The summed E-state index contributed by atoms with van der Waals surface area (Å²) in [5.41, 5.74) is 0. The van der Waals surface area contributed by atoms with Gasteiger partial charge in [-0.2, -0.15) is 0 Å². The summed E-state index contributed by atoms with van der Waals surface area (Å²) < 4.78 is 0. The third-order valence-electron chi connectivity index (χ3n) is 2.12. The van der Waals surface area contributed by atoms with Crippen LogP contribution in [0.4, 0.5) is 0 Å². The van der Waals surface area contributed by atoms with E-state index in [1.54, 1.807) is 0 Å². The molecule has 1 rings (SSSR count). The lowest BCUT2D eigenvalue weighted by Gasteiger charge is -1.91. The first-order valence-corrected chi connectivity index (χ1v) is 5.47. The molecule has 0 nitrogen and oxygen atoms in total. The van der Waals surface area contributed by atoms with Crippen LogP contribution in [0.5, 0.6) is 0 Å². The van der Waals surface area contributed by atoms with Gasteiger partial charge >= 0.3 is 0 Å². The van der Waals surface area contributed by atoms with Crippen molar-refractivity contribution in [2.24, 2.45) is 0 Å². The van der Waals surface area contributed by atoms with Gasteiger partial charge in [0.2, 0.25) is 0 Å². The van der Waals surface area contributed by atoms with E-state index in [1.807, 2.05) is 0 Å². The lowest BCUT2D eigenvalue weighted by molar-refractivity contribution is 0.868. The molecule has 1 aliphatic rings. The fourth-order valence-corrected chi connectivity index (χ4v) is 1.31. The molecule has 0 heterocycles. The zero-order valence-corrected chi connectivity index (χ0v) is 8.73. The number of hydrogen-bond acceptors (Lipinski definition) is 0. The summed E-state index contributed by atoms with van der Waals surface area (Å²) in [6.07, 6.45) is 25.5. The van der Waals surface area contributed by atoms with E-state index < -0.39 is 0 Å². The normalized spacial score (nSPS) is 28.6. The van der Waals surface area contributed by atoms with Crippen molar-refractivity contribution in [1.82, 2.24) is 0 Å². The van der Waals surface area contributed by atoms with Gasteiger partial charge in [-0.3, -0.25) is 0 Å². The van der Waals surface area contributed by atoms with Crippen molar-refractivity contribution in [3.63, 3.8) is 0 Å². The number of rotatable bonds is 0. The Labute approximate surface area is 87.7 Å². The first kappa shape index (κ1) is 11.0. The van der Waals surface area contributed by atoms with Gasteiger partial charge in [-0.05, 0) is 38.5 Å². The maximum absolute atomic E-state index is 2.25. The minimum atomic E-state index is 1.13. The Balaban J connectivity index is 2.33. The SMILES string of the molecule is [CH]1/C=C/C=C/CCC/C=C/C=C/CC1. The second-order valence-corrected chi connectivity index (χ2v) is 3.41. The highest BCUT2D eigenvalue weighted by atomic mass is 13.9. The molecule has 1 radical (unpaired) electrons. The van der Waals surface area contributed by atoms with Gasteiger partial charge in [0.1, 0.15) is 0 Å². The van der Waals surface area contributed by atoms with Crippen molar-refractivity contribution in [1.29, 1.82) is 0 Å². The average molecular weight is 187 g/mol. The number of hydrogen-bond donors (Lipinski definition) is 0. The second kappa shape index (κ2) is 8.55. The van der Waals surface area contributed by atoms with Crippen LogP contribution in [0.3, 0.4) is 0 Å². The third-order valence-corrected chi connectivity index (χ3v) is 2.12. The topological polar surface area (TPSA) is 0 Å². The minimum Gasteiger partial charge on any atom is -0.0845 e. The summed E-state index contributed by atoms with van der Waals surface area (Å²) in [4.78, 5) is 0. The van der Waals surface area contributed by atoms with Gasteiger partial charge < -0.3 is 0 Å². The van der Waals surface area contributed by atoms with Crippen LogP contribution in [0, 0.1) is 6.42 Å². The molecule has 1 aliphatic carbocycles. The van der Waals surface area contributed by atoms with E-state index in [1.165, 1.54) is 19.3 Å². The fourth-order valence-electron chi connectivity index (χ4n) is 1.31. The lowest BCUT2D eigenvalue weighted by atomic mass is 10.2. The van der Waals surface area contributed by atoms with E-state index in [2.05, 4.69) is 55.0 Å². The van der Waals surface area contributed by atoms with Crippen molar-refractivity contribution >= 4 is 0 Å². The van der Waals surface area contributed by atoms with E-state index in [0.29, 0.717) is 0 Å². The Morgan fingerprint density at radius 3 is 1.93 bits per heavy atom. The molecule has 0 heteroatoms. The molecule has 0 aromatic rings. The van der Waals surface area contributed by atoms with Gasteiger partial charge in [0.15, 0.2) is 0 Å². The fraction of sp³-hybridized carbons (Fsp3) is 0.357. The minimum absolute atomic E-state index is 1.13. The average Bonchev–Trinajstić information content (AvgIpc) is 2.22. The molecule has 0 atom stereocenters. The van der Waals surface area contributed by atoms with Crippen molar-refractivity contribution < 1.29 is 0 Å². The van der Waals surface area contributed by atoms with Crippen LogP contribution in [-0.4, -0.2) is 0 Å². The molecule has 0 saturated heterocycles. The van der Waals surface area contributed by atoms with Crippen LogP contribution in [-0.2, 0) is 0 Å². The zero-order valence-electron chi connectivity index (χ0n) is 8.73. The van der Waals surface area contributed by atoms with Crippen molar-refractivity contribution in [3.8, 4) is 0 Å². The number of allylic oxidation sites excluding steroid dienone is 8. The smallest absolute Gasteiger partial charge is 0.0164 e. The quantitative estimate of drug-likeness (QED) is 0.528. The van der Waals surface area contributed by atoms with Crippen LogP contribution in [0.15, 0.2) is 48.6 Å². The first-order valence-electron chi connectivity index (χ1n) is 5.47. The third kappa shape index (κ3) is 6.47. The van der Waals surface area contributed by atoms with Crippen LogP contribution < -0.4 is 0 Å². The van der Waals surface area contributed by atoms with E-state index in [0.717, 1.165) is 12.8 Å². The molecule has 0 aromatic carbocycles. The maximum Gasteiger partial charge on any atom is -0.0164 e. The summed E-state index contributed by atoms with van der Waals surface area (Å²) in [6.45, 7) is 0. The molecule has 0 N–H and O–H groups in total. The Morgan fingerprint density at radius 2 is 1.14 bits per heavy atom. The van der Waals surface area contributed by atoms with Crippen LogP contribution in [0.1, 0.15) is 32.1 Å². The van der Waals surface area contributed by atoms with Crippen molar-refractivity contribution in [3.05, 3.63) is 55.0 Å². The molecular formula is C14H19. The van der Waals surface area contributed by atoms with E-state index in [9.17, 15) is 0 Å². The lowest BCUT2D eigenvalue weighted by Crippen LogP contribution is -1.72. The largest absolute Gasteiger partial charge is 0.0845 e. The Bertz CT molecular complexity index is 178. The standard InChI is InChI=1S/C14H19/c1-2-4-6-8-10-12-14-13-11-9-7-5-3-1/h1-5,10,12-14H,6-9,11H2/b2-1+,5-3+,12-10+,14-13+. The van der Waals surface area contributed by atoms with E-state index >= 15 is 0 Å². The van der Waals surface area contributed by atoms with Crippen molar-refractivity contribution in [2.45, 2.75) is 32.1 Å². The van der Waals surface area contributed by atoms with Crippen LogP contribution in [0.25, 0.3) is 0 Å².